The predicted octanol–water partition coefficient (Wildman–Crippen LogP) is 4.71. The van der Waals surface area contributed by atoms with E-state index in [-0.39, 0.29) is 11.9 Å². The number of rotatable bonds is 7. The van der Waals surface area contributed by atoms with Gasteiger partial charge in [-0.2, -0.15) is 0 Å². The number of amides is 1. The number of hydrogen-bond donors (Lipinski definition) is 1. The molecule has 1 amide bonds. The van der Waals surface area contributed by atoms with Crippen LogP contribution < -0.4 is 10.1 Å². The number of hydrogen-bond acceptors (Lipinski definition) is 3. The average Bonchev–Trinajstić information content (AvgIpc) is 3.19. The molecule has 0 bridgehead atoms. The standard InChI is InChI=1S/C23H23NO3/c1-17-9-6-7-13-22(17)27-16-18(2)24-23(25)21(15-20-12-8-14-26-20)19-10-4-3-5-11-19/h3-15,18H,16H2,1-2H3,(H,24,25)/b21-15+. The van der Waals surface area contributed by atoms with Gasteiger partial charge in [-0.15, -0.1) is 0 Å². The number of ether oxygens (including phenoxy) is 1. The minimum atomic E-state index is -0.168. The van der Waals surface area contributed by atoms with Crippen LogP contribution in [-0.4, -0.2) is 18.6 Å². The van der Waals surface area contributed by atoms with E-state index in [4.69, 9.17) is 9.15 Å². The van der Waals surface area contributed by atoms with E-state index in [0.29, 0.717) is 17.9 Å². The Labute approximate surface area is 159 Å². The summed E-state index contributed by atoms with van der Waals surface area (Å²) in [6, 6.07) is 20.8. The summed E-state index contributed by atoms with van der Waals surface area (Å²) in [5.41, 5.74) is 2.45. The summed E-state index contributed by atoms with van der Waals surface area (Å²) >= 11 is 0. The van der Waals surface area contributed by atoms with E-state index in [2.05, 4.69) is 5.32 Å². The highest BCUT2D eigenvalue weighted by atomic mass is 16.5. The summed E-state index contributed by atoms with van der Waals surface area (Å²) < 4.78 is 11.2. The van der Waals surface area contributed by atoms with Crippen LogP contribution in [0.5, 0.6) is 5.75 Å². The Morgan fingerprint density at radius 1 is 1.07 bits per heavy atom. The van der Waals surface area contributed by atoms with Crippen molar-refractivity contribution in [2.75, 3.05) is 6.61 Å². The third kappa shape index (κ3) is 5.11. The molecule has 138 valence electrons. The second-order valence-electron chi connectivity index (χ2n) is 6.39. The Morgan fingerprint density at radius 2 is 1.81 bits per heavy atom. The lowest BCUT2D eigenvalue weighted by atomic mass is 10.0. The van der Waals surface area contributed by atoms with Crippen LogP contribution in [0.4, 0.5) is 0 Å². The van der Waals surface area contributed by atoms with Crippen LogP contribution in [0.2, 0.25) is 0 Å². The summed E-state index contributed by atoms with van der Waals surface area (Å²) in [6.45, 7) is 4.31. The smallest absolute Gasteiger partial charge is 0.252 e. The van der Waals surface area contributed by atoms with Crippen molar-refractivity contribution >= 4 is 17.6 Å². The van der Waals surface area contributed by atoms with E-state index in [1.165, 1.54) is 0 Å². The lowest BCUT2D eigenvalue weighted by molar-refractivity contribution is -0.116. The first-order valence-corrected chi connectivity index (χ1v) is 8.93. The second-order valence-corrected chi connectivity index (χ2v) is 6.39. The number of aryl methyl sites for hydroxylation is 1. The fraction of sp³-hybridized carbons (Fsp3) is 0.174. The maximum atomic E-state index is 12.9. The van der Waals surface area contributed by atoms with E-state index >= 15 is 0 Å². The van der Waals surface area contributed by atoms with Gasteiger partial charge in [-0.05, 0) is 49.2 Å². The summed E-state index contributed by atoms with van der Waals surface area (Å²) in [4.78, 5) is 12.9. The van der Waals surface area contributed by atoms with Gasteiger partial charge in [0.25, 0.3) is 5.91 Å². The lowest BCUT2D eigenvalue weighted by Crippen LogP contribution is -2.37. The van der Waals surface area contributed by atoms with Gasteiger partial charge >= 0.3 is 0 Å². The van der Waals surface area contributed by atoms with Crippen molar-refractivity contribution in [3.63, 3.8) is 0 Å². The van der Waals surface area contributed by atoms with Crippen LogP contribution in [0, 0.1) is 6.92 Å². The van der Waals surface area contributed by atoms with Gasteiger partial charge < -0.3 is 14.5 Å². The van der Waals surface area contributed by atoms with Gasteiger partial charge in [-0.25, -0.2) is 0 Å². The molecule has 0 saturated heterocycles. The van der Waals surface area contributed by atoms with Gasteiger partial charge in [0, 0.05) is 0 Å². The van der Waals surface area contributed by atoms with Crippen molar-refractivity contribution in [1.82, 2.24) is 5.32 Å². The van der Waals surface area contributed by atoms with Gasteiger partial charge in [0.05, 0.1) is 17.9 Å². The van der Waals surface area contributed by atoms with Gasteiger partial charge in [0.2, 0.25) is 0 Å². The first kappa shape index (κ1) is 18.5. The van der Waals surface area contributed by atoms with Gasteiger partial charge in [-0.1, -0.05) is 48.5 Å². The summed E-state index contributed by atoms with van der Waals surface area (Å²) in [5.74, 6) is 1.29. The lowest BCUT2D eigenvalue weighted by Gasteiger charge is -2.17. The average molecular weight is 361 g/mol. The normalized spacial score (nSPS) is 12.4. The predicted molar refractivity (Wildman–Crippen MR) is 107 cm³/mol. The molecule has 2 aromatic carbocycles. The van der Waals surface area contributed by atoms with Gasteiger partial charge in [-0.3, -0.25) is 4.79 Å². The molecule has 0 saturated carbocycles. The number of para-hydroxylation sites is 1. The Morgan fingerprint density at radius 3 is 2.52 bits per heavy atom. The molecular formula is C23H23NO3. The maximum Gasteiger partial charge on any atom is 0.252 e. The fourth-order valence-corrected chi connectivity index (χ4v) is 2.69. The molecule has 1 aromatic heterocycles. The molecule has 0 spiro atoms. The molecule has 4 nitrogen and oxygen atoms in total. The molecule has 1 N–H and O–H groups in total. The Kier molecular flexibility index (Phi) is 6.10. The monoisotopic (exact) mass is 361 g/mol. The zero-order valence-corrected chi connectivity index (χ0v) is 15.5. The minimum absolute atomic E-state index is 0.152. The van der Waals surface area contributed by atoms with Crippen LogP contribution in [0.3, 0.4) is 0 Å². The van der Waals surface area contributed by atoms with Crippen molar-refractivity contribution in [2.24, 2.45) is 0 Å². The zero-order chi connectivity index (χ0) is 19.1. The zero-order valence-electron chi connectivity index (χ0n) is 15.5. The first-order valence-electron chi connectivity index (χ1n) is 8.93. The van der Waals surface area contributed by atoms with E-state index in [9.17, 15) is 4.79 Å². The van der Waals surface area contributed by atoms with Crippen LogP contribution in [0.15, 0.2) is 77.4 Å². The molecular weight excluding hydrogens is 338 g/mol. The largest absolute Gasteiger partial charge is 0.491 e. The van der Waals surface area contributed by atoms with Crippen molar-refractivity contribution in [2.45, 2.75) is 19.9 Å². The van der Waals surface area contributed by atoms with E-state index in [0.717, 1.165) is 16.9 Å². The number of carbonyl (C=O) groups excluding carboxylic acids is 1. The van der Waals surface area contributed by atoms with Gasteiger partial charge in [0.1, 0.15) is 18.1 Å². The molecule has 27 heavy (non-hydrogen) atoms. The van der Waals surface area contributed by atoms with Crippen LogP contribution >= 0.6 is 0 Å². The first-order chi connectivity index (χ1) is 13.1. The highest BCUT2D eigenvalue weighted by molar-refractivity contribution is 6.24. The molecule has 0 aliphatic heterocycles. The number of nitrogens with one attached hydrogen (secondary N) is 1. The van der Waals surface area contributed by atoms with Crippen molar-refractivity contribution in [3.05, 3.63) is 89.9 Å². The quantitative estimate of drug-likeness (QED) is 0.620. The third-order valence-corrected chi connectivity index (χ3v) is 4.12. The van der Waals surface area contributed by atoms with E-state index in [1.54, 1.807) is 18.4 Å². The molecule has 0 aliphatic rings. The molecule has 0 radical (unpaired) electrons. The Bertz CT molecular complexity index is 898. The molecule has 4 heteroatoms. The highest BCUT2D eigenvalue weighted by Crippen LogP contribution is 2.20. The van der Waals surface area contributed by atoms with Crippen LogP contribution in [-0.2, 0) is 4.79 Å². The van der Waals surface area contributed by atoms with E-state index in [1.807, 2.05) is 74.5 Å². The fourth-order valence-electron chi connectivity index (χ4n) is 2.69. The summed E-state index contributed by atoms with van der Waals surface area (Å²) in [7, 11) is 0. The molecule has 3 rings (SSSR count). The van der Waals surface area contributed by atoms with Crippen LogP contribution in [0.1, 0.15) is 23.8 Å². The highest BCUT2D eigenvalue weighted by Gasteiger charge is 2.16. The second kappa shape index (κ2) is 8.90. The topological polar surface area (TPSA) is 51.5 Å². The maximum absolute atomic E-state index is 12.9. The van der Waals surface area contributed by atoms with Crippen LogP contribution in [0.25, 0.3) is 11.6 Å². The minimum Gasteiger partial charge on any atom is -0.491 e. The summed E-state index contributed by atoms with van der Waals surface area (Å²) in [5, 5.41) is 3.01. The van der Waals surface area contributed by atoms with E-state index < -0.39 is 0 Å². The third-order valence-electron chi connectivity index (χ3n) is 4.12. The SMILES string of the molecule is Cc1ccccc1OCC(C)NC(=O)/C(=C/c1ccco1)c1ccccc1. The van der Waals surface area contributed by atoms with Gasteiger partial charge in [0.15, 0.2) is 0 Å². The van der Waals surface area contributed by atoms with Crippen molar-refractivity contribution < 1.29 is 13.9 Å². The molecule has 0 fully saturated rings. The number of benzene rings is 2. The molecule has 3 aromatic rings. The molecule has 1 atom stereocenters. The summed E-state index contributed by atoms with van der Waals surface area (Å²) in [6.07, 6.45) is 3.34. The van der Waals surface area contributed by atoms with Crippen molar-refractivity contribution in [1.29, 1.82) is 0 Å². The molecule has 1 unspecified atom stereocenters. The Balaban J connectivity index is 1.70. The number of furan rings is 1. The molecule has 1 heterocycles. The molecule has 0 aliphatic carbocycles. The number of carbonyl (C=O) groups is 1. The van der Waals surface area contributed by atoms with Crippen molar-refractivity contribution in [3.8, 4) is 5.75 Å². The Hall–Kier alpha value is -3.27.